The number of carbonyl (C=O) groups excluding carboxylic acids is 2. The van der Waals surface area contributed by atoms with Gasteiger partial charge in [0.2, 0.25) is 11.8 Å². The average Bonchev–Trinajstić information content (AvgIpc) is 2.68. The Bertz CT molecular complexity index is 1030. The van der Waals surface area contributed by atoms with E-state index in [1.807, 2.05) is 19.1 Å². The number of non-ortho nitro benzene ring substituents is 1. The molecule has 2 aromatic rings. The van der Waals surface area contributed by atoms with Crippen molar-refractivity contribution in [1.29, 1.82) is 0 Å². The molecular weight excluding hydrogens is 394 g/mol. The van der Waals surface area contributed by atoms with Crippen molar-refractivity contribution in [3.05, 3.63) is 73.8 Å². The number of rotatable bonds is 8. The van der Waals surface area contributed by atoms with Crippen LogP contribution in [0, 0.1) is 27.2 Å². The van der Waals surface area contributed by atoms with Gasteiger partial charge in [0.15, 0.2) is 0 Å². The minimum absolute atomic E-state index is 0.00764. The Morgan fingerprint density at radius 2 is 1.73 bits per heavy atom. The number of nitro benzene ring substituents is 2. The number of para-hydroxylation sites is 1. The van der Waals surface area contributed by atoms with E-state index in [-0.39, 0.29) is 17.9 Å². The van der Waals surface area contributed by atoms with E-state index in [1.165, 1.54) is 0 Å². The molecule has 30 heavy (non-hydrogen) atoms. The summed E-state index contributed by atoms with van der Waals surface area (Å²) in [6.45, 7) is 3.40. The van der Waals surface area contributed by atoms with Crippen LogP contribution in [0.2, 0.25) is 0 Å². The Balaban J connectivity index is 1.97. The van der Waals surface area contributed by atoms with Gasteiger partial charge in [0.25, 0.3) is 11.4 Å². The molecule has 0 aliphatic heterocycles. The van der Waals surface area contributed by atoms with E-state index in [0.717, 1.165) is 23.8 Å². The van der Waals surface area contributed by atoms with Crippen LogP contribution in [0.3, 0.4) is 0 Å². The number of anilines is 1. The summed E-state index contributed by atoms with van der Waals surface area (Å²) in [5.74, 6) is -0.976. The molecule has 0 aliphatic rings. The third-order valence-electron chi connectivity index (χ3n) is 4.03. The Morgan fingerprint density at radius 3 is 2.37 bits per heavy atom. The highest BCUT2D eigenvalue weighted by atomic mass is 16.6. The first-order chi connectivity index (χ1) is 14.2. The lowest BCUT2D eigenvalue weighted by atomic mass is 10.1. The monoisotopic (exact) mass is 413 g/mol. The molecule has 2 N–H and O–H groups in total. The maximum atomic E-state index is 12.1. The topological polar surface area (TPSA) is 157 Å². The molecule has 11 heteroatoms. The summed E-state index contributed by atoms with van der Waals surface area (Å²) in [6.07, 6.45) is -0.465. The SMILES string of the molecule is C/C(CC(=O)Nc1ccccc1C)=N\NC(=O)Cc1ccc([N+](=O)[O-])cc1[N+](=O)[O-]. The number of aryl methyl sites for hydroxylation is 1. The molecule has 0 atom stereocenters. The number of nitro groups is 2. The smallest absolute Gasteiger partial charge is 0.279 e. The second-order valence-electron chi connectivity index (χ2n) is 6.43. The number of nitrogens with zero attached hydrogens (tertiary/aromatic N) is 3. The van der Waals surface area contributed by atoms with Gasteiger partial charge in [0, 0.05) is 23.0 Å². The van der Waals surface area contributed by atoms with Crippen LogP contribution in [-0.2, 0) is 16.0 Å². The van der Waals surface area contributed by atoms with Gasteiger partial charge in [0.1, 0.15) is 0 Å². The predicted molar refractivity (Wildman–Crippen MR) is 109 cm³/mol. The lowest BCUT2D eigenvalue weighted by molar-refractivity contribution is -0.394. The molecule has 0 aromatic heterocycles. The predicted octanol–water partition coefficient (Wildman–Crippen LogP) is 2.87. The molecule has 11 nitrogen and oxygen atoms in total. The number of amides is 2. The first-order valence-electron chi connectivity index (χ1n) is 8.76. The number of hydrogen-bond acceptors (Lipinski definition) is 7. The van der Waals surface area contributed by atoms with Gasteiger partial charge in [-0.05, 0) is 31.5 Å². The van der Waals surface area contributed by atoms with Gasteiger partial charge < -0.3 is 5.32 Å². The highest BCUT2D eigenvalue weighted by molar-refractivity contribution is 6.06. The van der Waals surface area contributed by atoms with Crippen LogP contribution < -0.4 is 10.7 Å². The molecule has 0 saturated heterocycles. The van der Waals surface area contributed by atoms with Gasteiger partial charge in [-0.15, -0.1) is 0 Å². The van der Waals surface area contributed by atoms with Crippen LogP contribution in [0.15, 0.2) is 47.6 Å². The van der Waals surface area contributed by atoms with E-state index in [4.69, 9.17) is 0 Å². The molecule has 0 bridgehead atoms. The third kappa shape index (κ3) is 6.19. The molecule has 0 radical (unpaired) electrons. The van der Waals surface area contributed by atoms with Gasteiger partial charge in [-0.3, -0.25) is 29.8 Å². The van der Waals surface area contributed by atoms with Crippen molar-refractivity contribution in [2.24, 2.45) is 5.10 Å². The summed E-state index contributed by atoms with van der Waals surface area (Å²) in [5, 5.41) is 28.4. The van der Waals surface area contributed by atoms with E-state index in [2.05, 4.69) is 15.8 Å². The summed E-state index contributed by atoms with van der Waals surface area (Å²) in [6, 6.07) is 10.3. The van der Waals surface area contributed by atoms with Gasteiger partial charge in [-0.2, -0.15) is 5.10 Å². The molecule has 0 unspecified atom stereocenters. The largest absolute Gasteiger partial charge is 0.326 e. The zero-order chi connectivity index (χ0) is 22.3. The Hall–Kier alpha value is -4.15. The van der Waals surface area contributed by atoms with Crippen LogP contribution in [0.5, 0.6) is 0 Å². The number of hydrazone groups is 1. The molecule has 0 spiro atoms. The molecule has 2 amide bonds. The minimum Gasteiger partial charge on any atom is -0.326 e. The van der Waals surface area contributed by atoms with Crippen molar-refractivity contribution < 1.29 is 19.4 Å². The second kappa shape index (κ2) is 9.87. The maximum absolute atomic E-state index is 12.1. The number of benzene rings is 2. The third-order valence-corrected chi connectivity index (χ3v) is 4.03. The van der Waals surface area contributed by atoms with Crippen molar-refractivity contribution >= 4 is 34.6 Å². The van der Waals surface area contributed by atoms with Crippen LogP contribution in [0.1, 0.15) is 24.5 Å². The normalized spacial score (nSPS) is 10.9. The average molecular weight is 413 g/mol. The van der Waals surface area contributed by atoms with E-state index in [1.54, 1.807) is 19.1 Å². The molecule has 2 aromatic carbocycles. The van der Waals surface area contributed by atoms with Gasteiger partial charge >= 0.3 is 0 Å². The maximum Gasteiger partial charge on any atom is 0.279 e. The van der Waals surface area contributed by atoms with Gasteiger partial charge in [0.05, 0.1) is 28.8 Å². The highest BCUT2D eigenvalue weighted by Gasteiger charge is 2.21. The van der Waals surface area contributed by atoms with E-state index in [9.17, 15) is 29.8 Å². The van der Waals surface area contributed by atoms with E-state index < -0.39 is 33.5 Å². The Labute approximate surface area is 171 Å². The summed E-state index contributed by atoms with van der Waals surface area (Å²) < 4.78 is 0. The number of nitrogens with one attached hydrogen (secondary N) is 2. The highest BCUT2D eigenvalue weighted by Crippen LogP contribution is 2.25. The van der Waals surface area contributed by atoms with Crippen LogP contribution in [0.25, 0.3) is 0 Å². The van der Waals surface area contributed by atoms with Crippen LogP contribution in [0.4, 0.5) is 17.1 Å². The lowest BCUT2D eigenvalue weighted by Crippen LogP contribution is -2.23. The van der Waals surface area contributed by atoms with E-state index in [0.29, 0.717) is 11.4 Å². The Morgan fingerprint density at radius 1 is 1.03 bits per heavy atom. The summed E-state index contributed by atoms with van der Waals surface area (Å²) in [5.41, 5.74) is 3.16. The molecule has 0 heterocycles. The zero-order valence-electron chi connectivity index (χ0n) is 16.2. The fraction of sp³-hybridized carbons (Fsp3) is 0.211. The van der Waals surface area contributed by atoms with Crippen molar-refractivity contribution in [2.75, 3.05) is 5.32 Å². The molecule has 156 valence electrons. The summed E-state index contributed by atoms with van der Waals surface area (Å²) in [7, 11) is 0. The standard InChI is InChI=1S/C19H19N5O6/c1-12-5-3-4-6-16(12)20-18(25)9-13(2)21-22-19(26)10-14-7-8-15(23(27)28)11-17(14)24(29)30/h3-8,11H,9-10H2,1-2H3,(H,20,25)(H,22,26)/b21-13+. The second-order valence-corrected chi connectivity index (χ2v) is 6.43. The lowest BCUT2D eigenvalue weighted by Gasteiger charge is -2.08. The quantitative estimate of drug-likeness (QED) is 0.385. The fourth-order valence-corrected chi connectivity index (χ4v) is 2.53. The molecule has 0 saturated carbocycles. The van der Waals surface area contributed by atoms with Crippen molar-refractivity contribution in [1.82, 2.24) is 5.43 Å². The fourth-order valence-electron chi connectivity index (χ4n) is 2.53. The molecular formula is C19H19N5O6. The van der Waals surface area contributed by atoms with Crippen molar-refractivity contribution in [3.63, 3.8) is 0 Å². The molecule has 2 rings (SSSR count). The Kier molecular flexibility index (Phi) is 7.28. The summed E-state index contributed by atoms with van der Waals surface area (Å²) >= 11 is 0. The van der Waals surface area contributed by atoms with Crippen LogP contribution in [-0.4, -0.2) is 27.4 Å². The molecule has 0 fully saturated rings. The van der Waals surface area contributed by atoms with Gasteiger partial charge in [-0.25, -0.2) is 5.43 Å². The van der Waals surface area contributed by atoms with E-state index >= 15 is 0 Å². The van der Waals surface area contributed by atoms with Crippen LogP contribution >= 0.6 is 0 Å². The molecule has 0 aliphatic carbocycles. The zero-order valence-corrected chi connectivity index (χ0v) is 16.2. The van der Waals surface area contributed by atoms with Crippen molar-refractivity contribution in [3.8, 4) is 0 Å². The minimum atomic E-state index is -0.792. The summed E-state index contributed by atoms with van der Waals surface area (Å²) in [4.78, 5) is 44.5. The first kappa shape index (κ1) is 22.1. The number of hydrogen-bond donors (Lipinski definition) is 2. The van der Waals surface area contributed by atoms with Gasteiger partial charge in [-0.1, -0.05) is 18.2 Å². The van der Waals surface area contributed by atoms with Crippen molar-refractivity contribution in [2.45, 2.75) is 26.7 Å². The number of carbonyl (C=O) groups is 2. The first-order valence-corrected chi connectivity index (χ1v) is 8.76.